The van der Waals surface area contributed by atoms with E-state index in [0.29, 0.717) is 19.1 Å². The van der Waals surface area contributed by atoms with Gasteiger partial charge in [-0.3, -0.25) is 0 Å². The molecule has 0 saturated carbocycles. The van der Waals surface area contributed by atoms with Gasteiger partial charge in [-0.2, -0.15) is 0 Å². The van der Waals surface area contributed by atoms with Crippen LogP contribution in [0.5, 0.6) is 5.75 Å². The molecule has 2 N–H and O–H groups in total. The molecule has 2 rings (SSSR count). The first-order valence-electron chi connectivity index (χ1n) is 8.71. The lowest BCUT2D eigenvalue weighted by Crippen LogP contribution is -3.27. The molecule has 0 spiro atoms. The second-order valence-corrected chi connectivity index (χ2v) is 7.67. The number of piperazine rings is 1. The Hall–Kier alpha value is -0.620. The van der Waals surface area contributed by atoms with Gasteiger partial charge in [0.25, 0.3) is 0 Å². The van der Waals surface area contributed by atoms with Crippen LogP contribution in [0.25, 0.3) is 0 Å². The van der Waals surface area contributed by atoms with E-state index in [0.717, 1.165) is 23.4 Å². The van der Waals surface area contributed by atoms with E-state index < -0.39 is 0 Å². The molecule has 0 amide bonds. The van der Waals surface area contributed by atoms with Crippen LogP contribution in [-0.2, 0) is 4.74 Å². The molecule has 0 bridgehead atoms. The Bertz CT molecular complexity index is 474. The minimum Gasteiger partial charge on any atom is -0.491 e. The van der Waals surface area contributed by atoms with Crippen molar-refractivity contribution in [1.29, 1.82) is 0 Å². The van der Waals surface area contributed by atoms with Crippen LogP contribution in [0.15, 0.2) is 22.7 Å². The van der Waals surface area contributed by atoms with E-state index in [2.05, 4.69) is 42.9 Å². The summed E-state index contributed by atoms with van der Waals surface area (Å²) in [5, 5.41) is 0. The van der Waals surface area contributed by atoms with Crippen molar-refractivity contribution in [2.24, 2.45) is 0 Å². The van der Waals surface area contributed by atoms with Gasteiger partial charge in [-0.15, -0.1) is 0 Å². The van der Waals surface area contributed by atoms with E-state index in [1.54, 1.807) is 9.80 Å². The van der Waals surface area contributed by atoms with Crippen molar-refractivity contribution < 1.29 is 19.3 Å². The molecule has 1 aromatic rings. The molecular weight excluding hydrogens is 356 g/mol. The molecule has 0 unspecified atom stereocenters. The summed E-state index contributed by atoms with van der Waals surface area (Å²) in [5.74, 6) is 1.42. The van der Waals surface area contributed by atoms with Crippen LogP contribution >= 0.6 is 15.9 Å². The Kier molecular flexibility index (Phi) is 7.83. The minimum atomic E-state index is 0.450. The van der Waals surface area contributed by atoms with Crippen molar-refractivity contribution in [2.45, 2.75) is 19.8 Å². The van der Waals surface area contributed by atoms with Gasteiger partial charge in [-0.05, 0) is 29.7 Å². The maximum atomic E-state index is 5.90. The minimum absolute atomic E-state index is 0.450. The lowest BCUT2D eigenvalue weighted by Gasteiger charge is -2.27. The third-order valence-electron chi connectivity index (χ3n) is 4.49. The first-order chi connectivity index (χ1) is 11.1. The zero-order chi connectivity index (χ0) is 16.7. The standard InChI is InChI=1S/C18H29BrN2O2/c1-15(2)17-14-16(19)4-5-18(17)23-13-12-22-11-10-21-8-6-20(3)7-9-21/h4-5,14-15H,6-13H2,1-3H3/p+2. The maximum absolute atomic E-state index is 5.90. The van der Waals surface area contributed by atoms with Crippen LogP contribution in [0.2, 0.25) is 0 Å². The van der Waals surface area contributed by atoms with Gasteiger partial charge in [-0.25, -0.2) is 0 Å². The maximum Gasteiger partial charge on any atom is 0.127 e. The van der Waals surface area contributed by atoms with Crippen LogP contribution in [0.3, 0.4) is 0 Å². The molecular formula is C18H31BrN2O2+2. The normalized spacial score (nSPS) is 21.6. The van der Waals surface area contributed by atoms with E-state index in [9.17, 15) is 0 Å². The number of ether oxygens (including phenoxy) is 2. The molecule has 1 heterocycles. The van der Waals surface area contributed by atoms with Crippen molar-refractivity contribution in [3.8, 4) is 5.75 Å². The molecule has 1 aliphatic heterocycles. The summed E-state index contributed by atoms with van der Waals surface area (Å²) in [7, 11) is 2.28. The molecule has 130 valence electrons. The fraction of sp³-hybridized carbons (Fsp3) is 0.667. The number of halogens is 1. The van der Waals surface area contributed by atoms with Gasteiger partial charge >= 0.3 is 0 Å². The van der Waals surface area contributed by atoms with E-state index in [1.165, 1.54) is 31.7 Å². The highest BCUT2D eigenvalue weighted by atomic mass is 79.9. The number of likely N-dealkylation sites (N-methyl/N-ethyl adjacent to an activating group) is 1. The Morgan fingerprint density at radius 2 is 1.83 bits per heavy atom. The van der Waals surface area contributed by atoms with Crippen LogP contribution in [0.1, 0.15) is 25.3 Å². The number of rotatable bonds is 8. The van der Waals surface area contributed by atoms with Crippen molar-refractivity contribution in [3.63, 3.8) is 0 Å². The summed E-state index contributed by atoms with van der Waals surface area (Å²) in [4.78, 5) is 3.32. The predicted molar refractivity (Wildman–Crippen MR) is 96.7 cm³/mol. The number of quaternary nitrogens is 2. The van der Waals surface area contributed by atoms with Gasteiger partial charge in [-0.1, -0.05) is 29.8 Å². The summed E-state index contributed by atoms with van der Waals surface area (Å²) in [6, 6.07) is 6.20. The topological polar surface area (TPSA) is 27.3 Å². The lowest BCUT2D eigenvalue weighted by molar-refractivity contribution is -1.00. The fourth-order valence-corrected chi connectivity index (χ4v) is 3.29. The molecule has 0 radical (unpaired) electrons. The van der Waals surface area contributed by atoms with Crippen molar-refractivity contribution in [1.82, 2.24) is 0 Å². The van der Waals surface area contributed by atoms with Gasteiger partial charge in [0.05, 0.1) is 20.3 Å². The van der Waals surface area contributed by atoms with Gasteiger partial charge in [0.1, 0.15) is 45.1 Å². The number of hydrogen-bond donors (Lipinski definition) is 2. The van der Waals surface area contributed by atoms with E-state index in [4.69, 9.17) is 9.47 Å². The molecule has 1 fully saturated rings. The van der Waals surface area contributed by atoms with E-state index >= 15 is 0 Å². The fourth-order valence-electron chi connectivity index (χ4n) is 2.91. The van der Waals surface area contributed by atoms with Crippen molar-refractivity contribution >= 4 is 15.9 Å². The van der Waals surface area contributed by atoms with Crippen LogP contribution in [-0.4, -0.2) is 59.6 Å². The zero-order valence-electron chi connectivity index (χ0n) is 14.7. The molecule has 0 aromatic heterocycles. The van der Waals surface area contributed by atoms with Crippen LogP contribution in [0, 0.1) is 0 Å². The summed E-state index contributed by atoms with van der Waals surface area (Å²) in [6.07, 6.45) is 0. The molecule has 1 saturated heterocycles. The second kappa shape index (κ2) is 9.62. The summed E-state index contributed by atoms with van der Waals surface area (Å²) >= 11 is 3.52. The molecule has 1 aromatic carbocycles. The second-order valence-electron chi connectivity index (χ2n) is 6.75. The van der Waals surface area contributed by atoms with Gasteiger partial charge < -0.3 is 19.3 Å². The van der Waals surface area contributed by atoms with Crippen LogP contribution in [0.4, 0.5) is 0 Å². The zero-order valence-corrected chi connectivity index (χ0v) is 16.2. The SMILES string of the molecule is CC(C)c1cc(Br)ccc1OCCOCC[NH+]1CC[NH+](C)CC1. The van der Waals surface area contributed by atoms with Gasteiger partial charge in [0.15, 0.2) is 0 Å². The first-order valence-corrected chi connectivity index (χ1v) is 9.50. The molecule has 5 heteroatoms. The Morgan fingerprint density at radius 3 is 2.52 bits per heavy atom. The highest BCUT2D eigenvalue weighted by molar-refractivity contribution is 9.10. The third kappa shape index (κ3) is 6.42. The molecule has 4 nitrogen and oxygen atoms in total. The average Bonchev–Trinajstić information content (AvgIpc) is 2.53. The van der Waals surface area contributed by atoms with E-state index in [1.807, 2.05) is 12.1 Å². The summed E-state index contributed by atoms with van der Waals surface area (Å²) < 4.78 is 12.7. The van der Waals surface area contributed by atoms with Gasteiger partial charge in [0.2, 0.25) is 0 Å². The Morgan fingerprint density at radius 1 is 1.09 bits per heavy atom. The third-order valence-corrected chi connectivity index (χ3v) is 4.98. The lowest BCUT2D eigenvalue weighted by atomic mass is 10.0. The smallest absolute Gasteiger partial charge is 0.127 e. The molecule has 1 aliphatic rings. The summed E-state index contributed by atoms with van der Waals surface area (Å²) in [5.41, 5.74) is 1.24. The van der Waals surface area contributed by atoms with Gasteiger partial charge in [0, 0.05) is 4.47 Å². The van der Waals surface area contributed by atoms with Crippen LogP contribution < -0.4 is 14.5 Å². The quantitative estimate of drug-likeness (QED) is 0.632. The predicted octanol–water partition coefficient (Wildman–Crippen LogP) is 0.381. The highest BCUT2D eigenvalue weighted by Crippen LogP contribution is 2.29. The highest BCUT2D eigenvalue weighted by Gasteiger charge is 2.19. The van der Waals surface area contributed by atoms with Crippen molar-refractivity contribution in [3.05, 3.63) is 28.2 Å². The van der Waals surface area contributed by atoms with Crippen molar-refractivity contribution in [2.75, 3.05) is 59.6 Å². The van der Waals surface area contributed by atoms with E-state index in [-0.39, 0.29) is 0 Å². The first kappa shape index (κ1) is 18.7. The Labute approximate surface area is 148 Å². The number of benzene rings is 1. The molecule has 23 heavy (non-hydrogen) atoms. The summed E-state index contributed by atoms with van der Waals surface area (Å²) in [6.45, 7) is 12.7. The number of nitrogens with one attached hydrogen (secondary N) is 2. The molecule has 0 atom stereocenters. The Balaban J connectivity index is 1.62. The largest absolute Gasteiger partial charge is 0.491 e. The average molecular weight is 387 g/mol. The monoisotopic (exact) mass is 386 g/mol. The number of hydrogen-bond acceptors (Lipinski definition) is 2. The molecule has 0 aliphatic carbocycles.